The number of aryl methyl sites for hydroxylation is 1. The van der Waals surface area contributed by atoms with Crippen molar-refractivity contribution in [2.75, 3.05) is 6.61 Å². The summed E-state index contributed by atoms with van der Waals surface area (Å²) < 4.78 is 11.5. The normalized spacial score (nSPS) is 17.1. The van der Waals surface area contributed by atoms with Gasteiger partial charge in [-0.05, 0) is 85.9 Å². The van der Waals surface area contributed by atoms with Gasteiger partial charge in [0.25, 0.3) is 0 Å². The summed E-state index contributed by atoms with van der Waals surface area (Å²) in [7, 11) is 0. The van der Waals surface area contributed by atoms with Crippen LogP contribution in [0.5, 0.6) is 11.5 Å². The van der Waals surface area contributed by atoms with Crippen LogP contribution in [0.15, 0.2) is 61.2 Å². The van der Waals surface area contributed by atoms with Crippen molar-refractivity contribution in [3.63, 3.8) is 0 Å². The second-order valence-electron chi connectivity index (χ2n) is 11.5. The van der Waals surface area contributed by atoms with Crippen LogP contribution in [0.4, 0.5) is 0 Å². The summed E-state index contributed by atoms with van der Waals surface area (Å²) in [6.07, 6.45) is 24.0. The Morgan fingerprint density at radius 3 is 1.95 bits per heavy atom. The Morgan fingerprint density at radius 2 is 1.33 bits per heavy atom. The van der Waals surface area contributed by atoms with Gasteiger partial charge in [0.15, 0.2) is 0 Å². The molecule has 3 nitrogen and oxygen atoms in total. The lowest BCUT2D eigenvalue weighted by Crippen LogP contribution is -2.15. The molecule has 3 heteroatoms. The van der Waals surface area contributed by atoms with E-state index in [4.69, 9.17) is 9.47 Å². The highest BCUT2D eigenvalue weighted by Crippen LogP contribution is 2.34. The maximum absolute atomic E-state index is 12.6. The molecule has 2 aromatic carbocycles. The highest BCUT2D eigenvalue weighted by molar-refractivity contribution is 5.91. The van der Waals surface area contributed by atoms with Crippen LogP contribution in [0, 0.1) is 11.8 Å². The van der Waals surface area contributed by atoms with Crippen molar-refractivity contribution in [1.29, 1.82) is 0 Å². The Kier molecular flexibility index (Phi) is 14.8. The van der Waals surface area contributed by atoms with Crippen molar-refractivity contribution >= 4 is 5.97 Å². The fourth-order valence-corrected chi connectivity index (χ4v) is 5.81. The molecule has 0 aliphatic heterocycles. The molecule has 0 atom stereocenters. The molecule has 0 aromatic heterocycles. The predicted molar refractivity (Wildman–Crippen MR) is 164 cm³/mol. The highest BCUT2D eigenvalue weighted by Gasteiger charge is 2.20. The molecule has 0 saturated heterocycles. The number of esters is 1. The number of ether oxygens (including phenoxy) is 2. The topological polar surface area (TPSA) is 35.5 Å². The zero-order chi connectivity index (χ0) is 27.5. The van der Waals surface area contributed by atoms with Crippen molar-refractivity contribution < 1.29 is 14.3 Å². The third kappa shape index (κ3) is 12.4. The lowest BCUT2D eigenvalue weighted by atomic mass is 9.78. The number of benzene rings is 2. The summed E-state index contributed by atoms with van der Waals surface area (Å²) in [4.78, 5) is 12.6. The first-order valence-corrected chi connectivity index (χ1v) is 15.8. The second-order valence-corrected chi connectivity index (χ2v) is 11.5. The van der Waals surface area contributed by atoms with Crippen LogP contribution < -0.4 is 9.47 Å². The van der Waals surface area contributed by atoms with Gasteiger partial charge in [0.1, 0.15) is 11.5 Å². The van der Waals surface area contributed by atoms with E-state index in [1.807, 2.05) is 30.3 Å². The van der Waals surface area contributed by atoms with Crippen molar-refractivity contribution in [2.45, 2.75) is 116 Å². The molecule has 1 aliphatic carbocycles. The van der Waals surface area contributed by atoms with E-state index < -0.39 is 0 Å². The molecule has 1 fully saturated rings. The van der Waals surface area contributed by atoms with E-state index in [-0.39, 0.29) is 5.97 Å². The molecule has 3 rings (SSSR count). The summed E-state index contributed by atoms with van der Waals surface area (Å²) >= 11 is 0. The summed E-state index contributed by atoms with van der Waals surface area (Å²) in [6, 6.07) is 15.3. The van der Waals surface area contributed by atoms with Gasteiger partial charge in [-0.25, -0.2) is 4.79 Å². The third-order valence-corrected chi connectivity index (χ3v) is 8.30. The zero-order valence-electron chi connectivity index (χ0n) is 24.5. The minimum atomic E-state index is -0.331. The monoisotopic (exact) mass is 532 g/mol. The van der Waals surface area contributed by atoms with Crippen LogP contribution in [0.3, 0.4) is 0 Å². The molecule has 0 spiro atoms. The van der Waals surface area contributed by atoms with Crippen molar-refractivity contribution in [3.05, 3.63) is 72.3 Å². The minimum absolute atomic E-state index is 0.331. The van der Waals surface area contributed by atoms with Gasteiger partial charge in [0.05, 0.1) is 12.2 Å². The Hall–Kier alpha value is -2.55. The molecule has 0 unspecified atom stereocenters. The quantitative estimate of drug-likeness (QED) is 0.0781. The lowest BCUT2D eigenvalue weighted by molar-refractivity contribution is 0.0734. The maximum Gasteiger partial charge on any atom is 0.343 e. The van der Waals surface area contributed by atoms with Gasteiger partial charge in [-0.1, -0.05) is 102 Å². The van der Waals surface area contributed by atoms with Crippen LogP contribution in [-0.4, -0.2) is 12.6 Å². The fraction of sp³-hybridized carbons (Fsp3) is 0.583. The van der Waals surface area contributed by atoms with E-state index in [0.717, 1.165) is 43.5 Å². The van der Waals surface area contributed by atoms with Gasteiger partial charge in [-0.2, -0.15) is 0 Å². The number of carbonyl (C=O) groups excluding carboxylic acids is 1. The summed E-state index contributed by atoms with van der Waals surface area (Å²) in [5.74, 6) is 2.91. The number of rotatable bonds is 19. The van der Waals surface area contributed by atoms with E-state index in [9.17, 15) is 4.79 Å². The van der Waals surface area contributed by atoms with Gasteiger partial charge in [0, 0.05) is 0 Å². The number of hydrogen-bond acceptors (Lipinski definition) is 3. The van der Waals surface area contributed by atoms with Gasteiger partial charge >= 0.3 is 5.97 Å². The lowest BCUT2D eigenvalue weighted by Gasteiger charge is -2.28. The molecule has 1 saturated carbocycles. The molecule has 0 amide bonds. The van der Waals surface area contributed by atoms with Gasteiger partial charge < -0.3 is 9.47 Å². The first kappa shape index (κ1) is 31.0. The Labute approximate surface area is 238 Å². The van der Waals surface area contributed by atoms with Crippen LogP contribution >= 0.6 is 0 Å². The number of carbonyl (C=O) groups is 1. The molecule has 0 bridgehead atoms. The summed E-state index contributed by atoms with van der Waals surface area (Å²) in [6.45, 7) is 6.80. The number of hydrogen-bond donors (Lipinski definition) is 0. The van der Waals surface area contributed by atoms with Crippen LogP contribution in [0.1, 0.15) is 126 Å². The first-order chi connectivity index (χ1) is 19.2. The number of allylic oxidation sites excluding steroid dienone is 1. The fourth-order valence-electron chi connectivity index (χ4n) is 5.81. The van der Waals surface area contributed by atoms with Crippen LogP contribution in [0.2, 0.25) is 0 Å². The number of unbranched alkanes of at least 4 members (excludes halogenated alkanes) is 8. The van der Waals surface area contributed by atoms with Gasteiger partial charge in [0.2, 0.25) is 0 Å². The van der Waals surface area contributed by atoms with Crippen molar-refractivity contribution in [3.8, 4) is 11.5 Å². The largest absolute Gasteiger partial charge is 0.494 e. The molecular formula is C36H52O3. The Balaban J connectivity index is 1.27. The Morgan fingerprint density at radius 1 is 0.769 bits per heavy atom. The third-order valence-electron chi connectivity index (χ3n) is 8.30. The molecule has 39 heavy (non-hydrogen) atoms. The summed E-state index contributed by atoms with van der Waals surface area (Å²) in [5.41, 5.74) is 1.87. The highest BCUT2D eigenvalue weighted by atomic mass is 16.5. The molecule has 0 heterocycles. The maximum atomic E-state index is 12.6. The predicted octanol–water partition coefficient (Wildman–Crippen LogP) is 10.5. The van der Waals surface area contributed by atoms with Crippen LogP contribution in [-0.2, 0) is 6.42 Å². The van der Waals surface area contributed by atoms with E-state index in [2.05, 4.69) is 25.6 Å². The SMILES string of the molecule is C=CCCCCCCCCCCOc1ccc(C(=O)Oc2ccc(CCC3CCC(CCC)CC3)cc2)cc1. The second kappa shape index (κ2) is 18.7. The molecule has 0 N–H and O–H groups in total. The standard InChI is InChI=1S/C36H52O3/c1-3-5-6-7-8-9-10-11-12-13-29-38-34-27-23-33(24-28-34)36(37)39-35-25-21-32(22-26-35)20-19-31-17-15-30(14-4-2)16-18-31/h3,21-28,30-31H,1,4-20,29H2,2H3. The first-order valence-electron chi connectivity index (χ1n) is 15.8. The Bertz CT molecular complexity index is 923. The van der Waals surface area contributed by atoms with E-state index >= 15 is 0 Å². The van der Waals surface area contributed by atoms with Crippen molar-refractivity contribution in [1.82, 2.24) is 0 Å². The molecule has 2 aromatic rings. The molecule has 214 valence electrons. The molecule has 0 radical (unpaired) electrons. The average molecular weight is 533 g/mol. The van der Waals surface area contributed by atoms with E-state index in [1.165, 1.54) is 95.5 Å². The van der Waals surface area contributed by atoms with Crippen LogP contribution in [0.25, 0.3) is 0 Å². The van der Waals surface area contributed by atoms with Gasteiger partial charge in [-0.3, -0.25) is 0 Å². The molecular weight excluding hydrogens is 480 g/mol. The van der Waals surface area contributed by atoms with E-state index in [0.29, 0.717) is 11.3 Å². The zero-order valence-corrected chi connectivity index (χ0v) is 24.5. The average Bonchev–Trinajstić information content (AvgIpc) is 2.97. The van der Waals surface area contributed by atoms with E-state index in [1.54, 1.807) is 12.1 Å². The molecule has 1 aliphatic rings. The van der Waals surface area contributed by atoms with Crippen molar-refractivity contribution in [2.24, 2.45) is 11.8 Å². The smallest absolute Gasteiger partial charge is 0.343 e. The summed E-state index contributed by atoms with van der Waals surface area (Å²) in [5, 5.41) is 0. The minimum Gasteiger partial charge on any atom is -0.494 e. The van der Waals surface area contributed by atoms with Gasteiger partial charge in [-0.15, -0.1) is 6.58 Å².